The molecule has 0 heterocycles. The van der Waals surface area contributed by atoms with Gasteiger partial charge >= 0.3 is 0 Å². The predicted molar refractivity (Wildman–Crippen MR) is 99.9 cm³/mol. The van der Waals surface area contributed by atoms with E-state index in [4.69, 9.17) is 0 Å². The van der Waals surface area contributed by atoms with Crippen LogP contribution in [0.2, 0.25) is 0 Å². The largest absolute Gasteiger partial charge is 0.322 e. The second kappa shape index (κ2) is 7.61. The van der Waals surface area contributed by atoms with Crippen LogP contribution in [-0.4, -0.2) is 11.8 Å². The second-order valence-corrected chi connectivity index (χ2v) is 5.86. The van der Waals surface area contributed by atoms with Crippen LogP contribution in [-0.2, 0) is 0 Å². The predicted octanol–water partition coefficient (Wildman–Crippen LogP) is 4.64. The Balaban J connectivity index is 1.72. The monoisotopic (exact) mass is 348 g/mol. The molecule has 0 atom stereocenters. The van der Waals surface area contributed by atoms with Crippen molar-refractivity contribution in [1.29, 1.82) is 0 Å². The third-order valence-electron chi connectivity index (χ3n) is 3.80. The van der Waals surface area contributed by atoms with Crippen molar-refractivity contribution < 1.29 is 14.0 Å². The maximum atomic E-state index is 12.9. The molecule has 0 aliphatic carbocycles. The zero-order chi connectivity index (χ0) is 18.5. The van der Waals surface area contributed by atoms with Gasteiger partial charge in [-0.3, -0.25) is 9.59 Å². The van der Waals surface area contributed by atoms with Crippen molar-refractivity contribution in [2.45, 2.75) is 6.92 Å². The molecule has 5 heteroatoms. The molecule has 0 spiro atoms. The Hall–Kier alpha value is -3.47. The number of nitrogens with one attached hydrogen (secondary N) is 2. The first-order chi connectivity index (χ1) is 12.5. The summed E-state index contributed by atoms with van der Waals surface area (Å²) in [4.78, 5) is 24.7. The van der Waals surface area contributed by atoms with Crippen LogP contribution in [0.3, 0.4) is 0 Å². The van der Waals surface area contributed by atoms with Gasteiger partial charge in [0.05, 0.1) is 0 Å². The summed E-state index contributed by atoms with van der Waals surface area (Å²) in [5, 5.41) is 5.47. The minimum Gasteiger partial charge on any atom is -0.322 e. The number of hydrogen-bond donors (Lipinski definition) is 2. The molecule has 2 N–H and O–H groups in total. The highest BCUT2D eigenvalue weighted by atomic mass is 19.1. The number of carbonyl (C=O) groups is 2. The molecule has 0 saturated carbocycles. The summed E-state index contributed by atoms with van der Waals surface area (Å²) in [7, 11) is 0. The quantitative estimate of drug-likeness (QED) is 0.722. The van der Waals surface area contributed by atoms with E-state index in [0.29, 0.717) is 22.5 Å². The van der Waals surface area contributed by atoms with Gasteiger partial charge in [-0.1, -0.05) is 23.8 Å². The third kappa shape index (κ3) is 4.33. The Morgan fingerprint density at radius 2 is 1.19 bits per heavy atom. The molecule has 0 aliphatic heterocycles. The molecule has 2 amide bonds. The normalized spacial score (nSPS) is 10.2. The second-order valence-electron chi connectivity index (χ2n) is 5.86. The number of halogens is 1. The lowest BCUT2D eigenvalue weighted by atomic mass is 10.1. The van der Waals surface area contributed by atoms with Crippen LogP contribution in [0.1, 0.15) is 26.3 Å². The van der Waals surface area contributed by atoms with Crippen molar-refractivity contribution >= 4 is 23.2 Å². The SMILES string of the molecule is Cc1ccc(NC(=O)c2cccc(C(=O)Nc3ccc(F)cc3)c2)cc1. The minimum absolute atomic E-state index is 0.301. The van der Waals surface area contributed by atoms with Gasteiger partial charge in [0.1, 0.15) is 5.82 Å². The van der Waals surface area contributed by atoms with Crippen molar-refractivity contribution in [2.24, 2.45) is 0 Å². The van der Waals surface area contributed by atoms with E-state index in [1.54, 1.807) is 18.2 Å². The molecule has 0 bridgehead atoms. The Morgan fingerprint density at radius 1 is 0.731 bits per heavy atom. The average molecular weight is 348 g/mol. The Kier molecular flexibility index (Phi) is 5.08. The van der Waals surface area contributed by atoms with E-state index in [9.17, 15) is 14.0 Å². The smallest absolute Gasteiger partial charge is 0.255 e. The van der Waals surface area contributed by atoms with Crippen molar-refractivity contribution in [1.82, 2.24) is 0 Å². The van der Waals surface area contributed by atoms with Gasteiger partial charge in [-0.05, 0) is 61.5 Å². The van der Waals surface area contributed by atoms with Crippen molar-refractivity contribution in [3.63, 3.8) is 0 Å². The van der Waals surface area contributed by atoms with E-state index in [1.807, 2.05) is 31.2 Å². The average Bonchev–Trinajstić information content (AvgIpc) is 2.65. The van der Waals surface area contributed by atoms with E-state index < -0.39 is 0 Å². The molecule has 3 rings (SSSR count). The molecule has 0 aromatic heterocycles. The van der Waals surface area contributed by atoms with E-state index in [2.05, 4.69) is 10.6 Å². The molecule has 26 heavy (non-hydrogen) atoms. The zero-order valence-corrected chi connectivity index (χ0v) is 14.1. The Morgan fingerprint density at radius 3 is 1.69 bits per heavy atom. The van der Waals surface area contributed by atoms with E-state index in [-0.39, 0.29) is 17.6 Å². The number of benzene rings is 3. The lowest BCUT2D eigenvalue weighted by Crippen LogP contribution is -2.15. The zero-order valence-electron chi connectivity index (χ0n) is 14.1. The van der Waals surface area contributed by atoms with Crippen LogP contribution in [0, 0.1) is 12.7 Å². The maximum Gasteiger partial charge on any atom is 0.255 e. The van der Waals surface area contributed by atoms with E-state index >= 15 is 0 Å². The van der Waals surface area contributed by atoms with Crippen LogP contribution in [0.4, 0.5) is 15.8 Å². The first kappa shape index (κ1) is 17.4. The van der Waals surface area contributed by atoms with Gasteiger partial charge < -0.3 is 10.6 Å². The molecule has 0 saturated heterocycles. The maximum absolute atomic E-state index is 12.9. The Bertz CT molecular complexity index is 860. The molecule has 4 nitrogen and oxygen atoms in total. The first-order valence-corrected chi connectivity index (χ1v) is 8.06. The van der Waals surface area contributed by atoms with Gasteiger partial charge in [0.15, 0.2) is 0 Å². The molecule has 3 aromatic rings. The van der Waals surface area contributed by atoms with Gasteiger partial charge in [-0.2, -0.15) is 0 Å². The number of aryl methyl sites for hydroxylation is 1. The number of rotatable bonds is 4. The molecular weight excluding hydrogens is 331 g/mol. The molecule has 3 aromatic carbocycles. The Labute approximate surface area is 150 Å². The molecule has 0 fully saturated rings. The molecule has 0 unspecified atom stereocenters. The fourth-order valence-corrected chi connectivity index (χ4v) is 2.38. The molecule has 0 radical (unpaired) electrons. The fraction of sp³-hybridized carbons (Fsp3) is 0.0476. The minimum atomic E-state index is -0.377. The first-order valence-electron chi connectivity index (χ1n) is 8.06. The summed E-state index contributed by atoms with van der Waals surface area (Å²) in [6.07, 6.45) is 0. The summed E-state index contributed by atoms with van der Waals surface area (Å²) in [6, 6.07) is 19.3. The fourth-order valence-electron chi connectivity index (χ4n) is 2.38. The van der Waals surface area contributed by atoms with Crippen molar-refractivity contribution in [2.75, 3.05) is 10.6 Å². The molecule has 130 valence electrons. The summed E-state index contributed by atoms with van der Waals surface area (Å²) in [5.74, 6) is -1.05. The number of amides is 2. The number of hydrogen-bond acceptors (Lipinski definition) is 2. The molecular formula is C21H17FN2O2. The summed E-state index contributed by atoms with van der Waals surface area (Å²) >= 11 is 0. The van der Waals surface area contributed by atoms with Gasteiger partial charge in [0.25, 0.3) is 11.8 Å². The van der Waals surface area contributed by atoms with Crippen molar-refractivity contribution in [3.8, 4) is 0 Å². The summed E-state index contributed by atoms with van der Waals surface area (Å²) < 4.78 is 12.9. The van der Waals surface area contributed by atoms with Crippen molar-refractivity contribution in [3.05, 3.63) is 95.3 Å². The third-order valence-corrected chi connectivity index (χ3v) is 3.80. The van der Waals surface area contributed by atoms with E-state index in [1.165, 1.54) is 30.3 Å². The highest BCUT2D eigenvalue weighted by Crippen LogP contribution is 2.14. The highest BCUT2D eigenvalue weighted by Gasteiger charge is 2.11. The summed E-state index contributed by atoms with van der Waals surface area (Å²) in [6.45, 7) is 1.97. The van der Waals surface area contributed by atoms with Crippen LogP contribution < -0.4 is 10.6 Å². The lowest BCUT2D eigenvalue weighted by Gasteiger charge is -2.08. The van der Waals surface area contributed by atoms with Gasteiger partial charge in [-0.25, -0.2) is 4.39 Å². The van der Waals surface area contributed by atoms with Gasteiger partial charge in [0, 0.05) is 22.5 Å². The van der Waals surface area contributed by atoms with Crippen LogP contribution >= 0.6 is 0 Å². The standard InChI is InChI=1S/C21H17FN2O2/c1-14-5-9-18(10-6-14)23-20(25)15-3-2-4-16(13-15)21(26)24-19-11-7-17(22)8-12-19/h2-13H,1H3,(H,23,25)(H,24,26). The van der Waals surface area contributed by atoms with Crippen LogP contribution in [0.5, 0.6) is 0 Å². The number of anilines is 2. The van der Waals surface area contributed by atoms with Gasteiger partial charge in [-0.15, -0.1) is 0 Å². The van der Waals surface area contributed by atoms with E-state index in [0.717, 1.165) is 5.56 Å². The topological polar surface area (TPSA) is 58.2 Å². The summed E-state index contributed by atoms with van der Waals surface area (Å²) in [5.41, 5.74) is 2.97. The highest BCUT2D eigenvalue weighted by molar-refractivity contribution is 6.08. The lowest BCUT2D eigenvalue weighted by molar-refractivity contribution is 0.102. The molecule has 0 aliphatic rings. The van der Waals surface area contributed by atoms with Gasteiger partial charge in [0.2, 0.25) is 0 Å². The van der Waals surface area contributed by atoms with Crippen LogP contribution in [0.15, 0.2) is 72.8 Å². The van der Waals surface area contributed by atoms with Crippen LogP contribution in [0.25, 0.3) is 0 Å². The number of carbonyl (C=O) groups excluding carboxylic acids is 2.